The van der Waals surface area contributed by atoms with Gasteiger partial charge >= 0.3 is 0 Å². The molecule has 20 heavy (non-hydrogen) atoms. The van der Waals surface area contributed by atoms with E-state index in [0.29, 0.717) is 18.7 Å². The molecular weight excluding hydrogens is 248 g/mol. The molecule has 1 aromatic carbocycles. The van der Waals surface area contributed by atoms with Crippen molar-refractivity contribution in [3.63, 3.8) is 0 Å². The van der Waals surface area contributed by atoms with Gasteiger partial charge in [0.05, 0.1) is 6.61 Å². The Morgan fingerprint density at radius 1 is 1.25 bits per heavy atom. The van der Waals surface area contributed by atoms with Crippen LogP contribution < -0.4 is 10.2 Å². The quantitative estimate of drug-likeness (QED) is 0.882. The highest BCUT2D eigenvalue weighted by Gasteiger charge is 2.26. The summed E-state index contributed by atoms with van der Waals surface area (Å²) in [5.74, 6) is 0.993. The summed E-state index contributed by atoms with van der Waals surface area (Å²) in [6.45, 7) is 9.57. The summed E-state index contributed by atoms with van der Waals surface area (Å²) < 4.78 is 5.74. The molecule has 112 valence electrons. The molecule has 1 heterocycles. The van der Waals surface area contributed by atoms with Crippen LogP contribution in [0, 0.1) is 0 Å². The van der Waals surface area contributed by atoms with Gasteiger partial charge in [0, 0.05) is 23.7 Å². The molecule has 1 saturated heterocycles. The van der Waals surface area contributed by atoms with Crippen LogP contribution in [0.5, 0.6) is 5.75 Å². The topological polar surface area (TPSA) is 24.5 Å². The molecule has 0 bridgehead atoms. The summed E-state index contributed by atoms with van der Waals surface area (Å²) in [4.78, 5) is 0. The minimum Gasteiger partial charge on any atom is -0.494 e. The first kappa shape index (κ1) is 15.3. The number of ether oxygens (including phenoxy) is 1. The maximum Gasteiger partial charge on any atom is 0.124 e. The summed E-state index contributed by atoms with van der Waals surface area (Å²) >= 11 is 0. The highest BCUT2D eigenvalue weighted by Crippen LogP contribution is 2.27. The molecular formula is C17H28N2O. The molecule has 3 atom stereocenters. The minimum absolute atomic E-state index is 0.265. The summed E-state index contributed by atoms with van der Waals surface area (Å²) in [7, 11) is 0. The van der Waals surface area contributed by atoms with E-state index in [9.17, 15) is 0 Å². The molecule has 1 aliphatic rings. The van der Waals surface area contributed by atoms with Crippen molar-refractivity contribution < 1.29 is 4.74 Å². The Labute approximate surface area is 123 Å². The summed E-state index contributed by atoms with van der Waals surface area (Å²) in [5, 5.41) is 2.43. The molecule has 0 radical (unpaired) electrons. The second kappa shape index (κ2) is 7.09. The summed E-state index contributed by atoms with van der Waals surface area (Å²) in [6, 6.07) is 9.79. The molecule has 2 rings (SSSR count). The average Bonchev–Trinajstić information content (AvgIpc) is 2.44. The number of benzene rings is 1. The second-order valence-corrected chi connectivity index (χ2v) is 5.86. The predicted molar refractivity (Wildman–Crippen MR) is 83.8 cm³/mol. The lowest BCUT2D eigenvalue weighted by Crippen LogP contribution is -2.52. The molecule has 0 spiro atoms. The fraction of sp³-hybridized carbons (Fsp3) is 0.647. The van der Waals surface area contributed by atoms with Crippen molar-refractivity contribution in [3.8, 4) is 5.75 Å². The molecule has 1 fully saturated rings. The number of para-hydroxylation sites is 1. The van der Waals surface area contributed by atoms with Crippen LogP contribution in [0.25, 0.3) is 0 Å². The third kappa shape index (κ3) is 3.53. The minimum atomic E-state index is 0.265. The van der Waals surface area contributed by atoms with Gasteiger partial charge < -0.3 is 4.74 Å². The zero-order valence-corrected chi connectivity index (χ0v) is 13.2. The molecule has 3 heteroatoms. The third-order valence-corrected chi connectivity index (χ3v) is 4.22. The first-order valence-corrected chi connectivity index (χ1v) is 7.89. The van der Waals surface area contributed by atoms with Gasteiger partial charge in [0.15, 0.2) is 0 Å². The van der Waals surface area contributed by atoms with Gasteiger partial charge in [-0.15, -0.1) is 0 Å². The van der Waals surface area contributed by atoms with Gasteiger partial charge in [0.2, 0.25) is 0 Å². The second-order valence-electron chi connectivity index (χ2n) is 5.86. The molecule has 0 saturated carbocycles. The van der Waals surface area contributed by atoms with E-state index in [4.69, 9.17) is 4.74 Å². The number of nitrogens with zero attached hydrogens (tertiary/aromatic N) is 1. The fourth-order valence-electron chi connectivity index (χ4n) is 3.09. The SMILES string of the molecule is CCOc1ccccc1C(C)NN1C(C)CCCC1C. The van der Waals surface area contributed by atoms with Gasteiger partial charge in [-0.3, -0.25) is 0 Å². The van der Waals surface area contributed by atoms with Gasteiger partial charge in [-0.1, -0.05) is 24.6 Å². The normalized spacial score (nSPS) is 25.4. The van der Waals surface area contributed by atoms with E-state index in [1.165, 1.54) is 24.8 Å². The van der Waals surface area contributed by atoms with E-state index >= 15 is 0 Å². The molecule has 3 nitrogen and oxygen atoms in total. The third-order valence-electron chi connectivity index (χ3n) is 4.22. The molecule has 1 N–H and O–H groups in total. The van der Waals surface area contributed by atoms with E-state index in [1.807, 2.05) is 13.0 Å². The van der Waals surface area contributed by atoms with Crippen molar-refractivity contribution in [2.75, 3.05) is 6.61 Å². The van der Waals surface area contributed by atoms with E-state index in [2.05, 4.69) is 49.4 Å². The van der Waals surface area contributed by atoms with E-state index in [0.717, 1.165) is 5.75 Å². The van der Waals surface area contributed by atoms with E-state index < -0.39 is 0 Å². The van der Waals surface area contributed by atoms with Crippen LogP contribution in [0.15, 0.2) is 24.3 Å². The zero-order chi connectivity index (χ0) is 14.5. The number of hydrogen-bond acceptors (Lipinski definition) is 3. The molecule has 1 aliphatic heterocycles. The van der Waals surface area contributed by atoms with Crippen LogP contribution in [0.4, 0.5) is 0 Å². The standard InChI is InChI=1S/C17H28N2O/c1-5-20-17-12-7-6-11-16(17)15(4)18-19-13(2)9-8-10-14(19)3/h6-7,11-15,18H,5,8-10H2,1-4H3. The molecule has 0 aromatic heterocycles. The molecule has 3 unspecified atom stereocenters. The Bertz CT molecular complexity index is 411. The van der Waals surface area contributed by atoms with Crippen molar-refractivity contribution in [2.24, 2.45) is 0 Å². The first-order chi connectivity index (χ1) is 9.63. The maximum absolute atomic E-state index is 5.74. The Balaban J connectivity index is 2.09. The number of nitrogens with one attached hydrogen (secondary N) is 1. The zero-order valence-electron chi connectivity index (χ0n) is 13.2. The number of hydrogen-bond donors (Lipinski definition) is 1. The van der Waals surface area contributed by atoms with Crippen LogP contribution >= 0.6 is 0 Å². The monoisotopic (exact) mass is 276 g/mol. The van der Waals surface area contributed by atoms with Crippen LogP contribution in [0.3, 0.4) is 0 Å². The van der Waals surface area contributed by atoms with Gasteiger partial charge in [0.1, 0.15) is 5.75 Å². The van der Waals surface area contributed by atoms with E-state index in [-0.39, 0.29) is 6.04 Å². The Hall–Kier alpha value is -1.06. The van der Waals surface area contributed by atoms with Crippen LogP contribution in [-0.4, -0.2) is 23.7 Å². The predicted octanol–water partition coefficient (Wildman–Crippen LogP) is 3.91. The highest BCUT2D eigenvalue weighted by atomic mass is 16.5. The van der Waals surface area contributed by atoms with Crippen molar-refractivity contribution in [1.29, 1.82) is 0 Å². The van der Waals surface area contributed by atoms with E-state index in [1.54, 1.807) is 0 Å². The molecule has 0 aliphatic carbocycles. The fourth-order valence-corrected chi connectivity index (χ4v) is 3.09. The average molecular weight is 276 g/mol. The lowest BCUT2D eigenvalue weighted by atomic mass is 9.99. The van der Waals surface area contributed by atoms with Gasteiger partial charge in [-0.25, -0.2) is 10.4 Å². The van der Waals surface area contributed by atoms with Crippen molar-refractivity contribution in [3.05, 3.63) is 29.8 Å². The largest absolute Gasteiger partial charge is 0.494 e. The van der Waals surface area contributed by atoms with Gasteiger partial charge in [-0.2, -0.15) is 0 Å². The van der Waals surface area contributed by atoms with Crippen molar-refractivity contribution in [2.45, 2.75) is 65.1 Å². The molecule has 1 aromatic rings. The van der Waals surface area contributed by atoms with Crippen LogP contribution in [0.2, 0.25) is 0 Å². The van der Waals surface area contributed by atoms with Gasteiger partial charge in [0.25, 0.3) is 0 Å². The summed E-state index contributed by atoms with van der Waals surface area (Å²) in [6.07, 6.45) is 3.89. The Morgan fingerprint density at radius 2 is 1.90 bits per heavy atom. The molecule has 0 amide bonds. The number of piperidine rings is 1. The summed E-state index contributed by atoms with van der Waals surface area (Å²) in [5.41, 5.74) is 4.92. The number of hydrazine groups is 1. The van der Waals surface area contributed by atoms with Gasteiger partial charge in [-0.05, 0) is 46.6 Å². The maximum atomic E-state index is 5.74. The Morgan fingerprint density at radius 3 is 2.55 bits per heavy atom. The van der Waals surface area contributed by atoms with Crippen molar-refractivity contribution in [1.82, 2.24) is 10.4 Å². The number of rotatable bonds is 5. The van der Waals surface area contributed by atoms with Crippen LogP contribution in [0.1, 0.15) is 58.6 Å². The smallest absolute Gasteiger partial charge is 0.124 e. The van der Waals surface area contributed by atoms with Crippen molar-refractivity contribution >= 4 is 0 Å². The Kier molecular flexibility index (Phi) is 5.44. The van der Waals surface area contributed by atoms with Crippen LogP contribution in [-0.2, 0) is 0 Å². The lowest BCUT2D eigenvalue weighted by Gasteiger charge is -2.41. The first-order valence-electron chi connectivity index (χ1n) is 7.89. The lowest BCUT2D eigenvalue weighted by molar-refractivity contribution is 0.0316. The highest BCUT2D eigenvalue weighted by molar-refractivity contribution is 5.35.